The first kappa shape index (κ1) is 15.7. The van der Waals surface area contributed by atoms with E-state index in [4.69, 9.17) is 12.2 Å². The quantitative estimate of drug-likeness (QED) is 0.843. The molecule has 0 saturated heterocycles. The number of hydrogen-bond donors (Lipinski definition) is 2. The minimum Gasteiger partial charge on any atom is -0.362 e. The fourth-order valence-corrected chi connectivity index (χ4v) is 2.97. The molecule has 2 N–H and O–H groups in total. The minimum absolute atomic E-state index is 0.647. The maximum atomic E-state index is 5.24. The fraction of sp³-hybridized carbons (Fsp3) is 0.333. The van der Waals surface area contributed by atoms with Crippen molar-refractivity contribution in [3.63, 3.8) is 0 Å². The molecule has 0 spiro atoms. The molecule has 0 aliphatic carbocycles. The second kappa shape index (κ2) is 7.42. The minimum atomic E-state index is 0.647. The van der Waals surface area contributed by atoms with Crippen LogP contribution < -0.4 is 15.5 Å². The van der Waals surface area contributed by atoms with Gasteiger partial charge in [0.25, 0.3) is 0 Å². The van der Waals surface area contributed by atoms with E-state index in [9.17, 15) is 0 Å². The highest BCUT2D eigenvalue weighted by atomic mass is 32.1. The molecule has 1 aliphatic rings. The molecule has 120 valence electrons. The Morgan fingerprint density at radius 1 is 1.22 bits per heavy atom. The van der Waals surface area contributed by atoms with Gasteiger partial charge in [-0.15, -0.1) is 0 Å². The summed E-state index contributed by atoms with van der Waals surface area (Å²) in [5.41, 5.74) is 3.77. The Hall–Kier alpha value is -2.14. The standard InChI is InChI=1S/C18H22N4S/c1-2-10-19-18(23)21-16-7-8-17(20-12-16)22-11-9-14-5-3-4-6-15(14)13-22/h3-8,12H,2,9-11,13H2,1H3,(H2,19,21,23). The molecule has 0 unspecified atom stereocenters. The molecule has 1 aromatic carbocycles. The first-order valence-corrected chi connectivity index (χ1v) is 8.49. The van der Waals surface area contributed by atoms with E-state index in [-0.39, 0.29) is 0 Å². The van der Waals surface area contributed by atoms with Crippen LogP contribution in [-0.4, -0.2) is 23.2 Å². The predicted octanol–water partition coefficient (Wildman–Crippen LogP) is 3.34. The lowest BCUT2D eigenvalue weighted by molar-refractivity contribution is 0.721. The molecule has 1 aromatic heterocycles. The van der Waals surface area contributed by atoms with Gasteiger partial charge in [-0.05, 0) is 48.3 Å². The molecule has 5 heteroatoms. The summed E-state index contributed by atoms with van der Waals surface area (Å²) in [4.78, 5) is 6.90. The van der Waals surface area contributed by atoms with E-state index in [1.54, 1.807) is 0 Å². The lowest BCUT2D eigenvalue weighted by atomic mass is 10.00. The van der Waals surface area contributed by atoms with Crippen LogP contribution in [-0.2, 0) is 13.0 Å². The first-order valence-electron chi connectivity index (χ1n) is 8.09. The molecule has 1 aliphatic heterocycles. The number of nitrogens with zero attached hydrogens (tertiary/aromatic N) is 2. The zero-order chi connectivity index (χ0) is 16.1. The lowest BCUT2D eigenvalue weighted by Crippen LogP contribution is -2.31. The predicted molar refractivity (Wildman–Crippen MR) is 99.9 cm³/mol. The largest absolute Gasteiger partial charge is 0.362 e. The molecule has 2 heterocycles. The van der Waals surface area contributed by atoms with Gasteiger partial charge in [0.1, 0.15) is 5.82 Å². The summed E-state index contributed by atoms with van der Waals surface area (Å²) < 4.78 is 0. The second-order valence-corrected chi connectivity index (χ2v) is 6.13. The maximum Gasteiger partial charge on any atom is 0.170 e. The van der Waals surface area contributed by atoms with Gasteiger partial charge in [0, 0.05) is 19.6 Å². The average Bonchev–Trinajstić information content (AvgIpc) is 2.60. The Kier molecular flexibility index (Phi) is 5.08. The van der Waals surface area contributed by atoms with Crippen molar-refractivity contribution in [2.24, 2.45) is 0 Å². The van der Waals surface area contributed by atoms with Crippen molar-refractivity contribution in [3.8, 4) is 0 Å². The average molecular weight is 326 g/mol. The fourth-order valence-electron chi connectivity index (χ4n) is 2.75. The molecule has 0 saturated carbocycles. The van der Waals surface area contributed by atoms with Crippen LogP contribution in [0.5, 0.6) is 0 Å². The SMILES string of the molecule is CCCNC(=S)Nc1ccc(N2CCc3ccccc3C2)nc1. The van der Waals surface area contributed by atoms with Gasteiger partial charge in [-0.2, -0.15) is 0 Å². The van der Waals surface area contributed by atoms with E-state index >= 15 is 0 Å². The summed E-state index contributed by atoms with van der Waals surface area (Å²) in [6.07, 6.45) is 3.97. The topological polar surface area (TPSA) is 40.2 Å². The van der Waals surface area contributed by atoms with Gasteiger partial charge in [-0.3, -0.25) is 0 Å². The van der Waals surface area contributed by atoms with Crippen molar-refractivity contribution >= 4 is 28.8 Å². The number of thiocarbonyl (C=S) groups is 1. The summed E-state index contributed by atoms with van der Waals surface area (Å²) in [6.45, 7) is 4.92. The molecule has 0 atom stereocenters. The molecular formula is C18H22N4S. The summed E-state index contributed by atoms with van der Waals surface area (Å²) in [5.74, 6) is 1.01. The lowest BCUT2D eigenvalue weighted by Gasteiger charge is -2.29. The van der Waals surface area contributed by atoms with Crippen molar-refractivity contribution < 1.29 is 0 Å². The van der Waals surface area contributed by atoms with Gasteiger partial charge in [-0.1, -0.05) is 31.2 Å². The van der Waals surface area contributed by atoms with Crippen molar-refractivity contribution in [1.29, 1.82) is 0 Å². The monoisotopic (exact) mass is 326 g/mol. The van der Waals surface area contributed by atoms with Crippen LogP contribution in [0, 0.1) is 0 Å². The summed E-state index contributed by atoms with van der Waals surface area (Å²) in [5, 5.41) is 6.96. The van der Waals surface area contributed by atoms with E-state index in [1.807, 2.05) is 12.3 Å². The molecule has 0 bridgehead atoms. The zero-order valence-corrected chi connectivity index (χ0v) is 14.2. The third-order valence-electron chi connectivity index (χ3n) is 4.00. The highest BCUT2D eigenvalue weighted by Crippen LogP contribution is 2.23. The summed E-state index contributed by atoms with van der Waals surface area (Å²) >= 11 is 5.24. The van der Waals surface area contributed by atoms with Crippen molar-refractivity contribution in [2.45, 2.75) is 26.3 Å². The normalized spacial score (nSPS) is 13.3. The van der Waals surface area contributed by atoms with Crippen LogP contribution in [0.3, 0.4) is 0 Å². The van der Waals surface area contributed by atoms with E-state index in [0.29, 0.717) is 5.11 Å². The third kappa shape index (κ3) is 3.99. The summed E-state index contributed by atoms with van der Waals surface area (Å²) in [6, 6.07) is 12.7. The Balaban J connectivity index is 1.63. The van der Waals surface area contributed by atoms with Crippen molar-refractivity contribution in [1.82, 2.24) is 10.3 Å². The summed E-state index contributed by atoms with van der Waals surface area (Å²) in [7, 11) is 0. The Labute approximate surface area is 142 Å². The molecule has 2 aromatic rings. The molecule has 0 amide bonds. The second-order valence-electron chi connectivity index (χ2n) is 5.73. The van der Waals surface area contributed by atoms with E-state index in [1.165, 1.54) is 11.1 Å². The number of benzene rings is 1. The number of rotatable bonds is 4. The number of nitrogens with one attached hydrogen (secondary N) is 2. The highest BCUT2D eigenvalue weighted by Gasteiger charge is 2.16. The molecule has 3 rings (SSSR count). The van der Waals surface area contributed by atoms with Crippen LogP contribution in [0.15, 0.2) is 42.6 Å². The van der Waals surface area contributed by atoms with E-state index in [2.05, 4.69) is 57.8 Å². The van der Waals surface area contributed by atoms with Crippen molar-refractivity contribution in [3.05, 3.63) is 53.7 Å². The van der Waals surface area contributed by atoms with Crippen LogP contribution in [0.2, 0.25) is 0 Å². The zero-order valence-electron chi connectivity index (χ0n) is 13.4. The van der Waals surface area contributed by atoms with Crippen LogP contribution in [0.1, 0.15) is 24.5 Å². The molecular weight excluding hydrogens is 304 g/mol. The van der Waals surface area contributed by atoms with E-state index < -0.39 is 0 Å². The van der Waals surface area contributed by atoms with Gasteiger partial charge in [-0.25, -0.2) is 4.98 Å². The molecule has 0 radical (unpaired) electrons. The smallest absolute Gasteiger partial charge is 0.170 e. The first-order chi connectivity index (χ1) is 11.3. The van der Waals surface area contributed by atoms with Crippen LogP contribution >= 0.6 is 12.2 Å². The van der Waals surface area contributed by atoms with Crippen LogP contribution in [0.4, 0.5) is 11.5 Å². The third-order valence-corrected chi connectivity index (χ3v) is 4.24. The van der Waals surface area contributed by atoms with Gasteiger partial charge < -0.3 is 15.5 Å². The van der Waals surface area contributed by atoms with E-state index in [0.717, 1.165) is 44.0 Å². The van der Waals surface area contributed by atoms with Crippen LogP contribution in [0.25, 0.3) is 0 Å². The molecule has 4 nitrogen and oxygen atoms in total. The Morgan fingerprint density at radius 3 is 2.78 bits per heavy atom. The van der Waals surface area contributed by atoms with Gasteiger partial charge >= 0.3 is 0 Å². The highest BCUT2D eigenvalue weighted by molar-refractivity contribution is 7.80. The number of anilines is 2. The molecule has 0 fully saturated rings. The van der Waals surface area contributed by atoms with Gasteiger partial charge in [0.15, 0.2) is 5.11 Å². The van der Waals surface area contributed by atoms with Gasteiger partial charge in [0.05, 0.1) is 11.9 Å². The Bertz CT molecular complexity index is 669. The number of fused-ring (bicyclic) bond motifs is 1. The maximum absolute atomic E-state index is 5.24. The Morgan fingerprint density at radius 2 is 2.04 bits per heavy atom. The van der Waals surface area contributed by atoms with Gasteiger partial charge in [0.2, 0.25) is 0 Å². The number of aromatic nitrogens is 1. The molecule has 23 heavy (non-hydrogen) atoms. The number of pyridine rings is 1. The van der Waals surface area contributed by atoms with Crippen molar-refractivity contribution in [2.75, 3.05) is 23.3 Å². The number of hydrogen-bond acceptors (Lipinski definition) is 3.